The highest BCUT2D eigenvalue weighted by Crippen LogP contribution is 2.38. The summed E-state index contributed by atoms with van der Waals surface area (Å²) >= 11 is 5.77. The summed E-state index contributed by atoms with van der Waals surface area (Å²) in [6.07, 6.45) is 4.21. The van der Waals surface area contributed by atoms with E-state index in [1.54, 1.807) is 6.20 Å². The van der Waals surface area contributed by atoms with Gasteiger partial charge >= 0.3 is 0 Å². The summed E-state index contributed by atoms with van der Waals surface area (Å²) in [5.41, 5.74) is 4.12. The molecule has 0 fully saturated rings. The summed E-state index contributed by atoms with van der Waals surface area (Å²) < 4.78 is 13.3. The lowest BCUT2D eigenvalue weighted by molar-refractivity contribution is 0.102. The Kier molecular flexibility index (Phi) is 4.54. The smallest absolute Gasteiger partial charge is 0.257 e. The Morgan fingerprint density at radius 1 is 1.22 bits per heavy atom. The Labute approximate surface area is 161 Å². The minimum atomic E-state index is -0.528. The van der Waals surface area contributed by atoms with Gasteiger partial charge in [-0.1, -0.05) is 29.8 Å². The molecular weight excluding hydrogens is 365 g/mol. The summed E-state index contributed by atoms with van der Waals surface area (Å²) in [4.78, 5) is 19.0. The number of halogens is 2. The van der Waals surface area contributed by atoms with E-state index < -0.39 is 5.82 Å². The number of aromatic nitrogens is 1. The van der Waals surface area contributed by atoms with Gasteiger partial charge in [-0.25, -0.2) is 4.39 Å². The molecule has 27 heavy (non-hydrogen) atoms. The second-order valence-corrected chi connectivity index (χ2v) is 6.97. The normalized spacial score (nSPS) is 15.5. The zero-order chi connectivity index (χ0) is 19.0. The van der Waals surface area contributed by atoms with Crippen molar-refractivity contribution in [3.05, 3.63) is 82.9 Å². The fourth-order valence-corrected chi connectivity index (χ4v) is 3.60. The van der Waals surface area contributed by atoms with Crippen molar-refractivity contribution in [2.24, 2.45) is 0 Å². The van der Waals surface area contributed by atoms with E-state index in [4.69, 9.17) is 11.6 Å². The third-order valence-electron chi connectivity index (χ3n) is 4.65. The molecule has 1 amide bonds. The van der Waals surface area contributed by atoms with Crippen molar-refractivity contribution >= 4 is 34.6 Å². The van der Waals surface area contributed by atoms with E-state index in [0.717, 1.165) is 17.8 Å². The van der Waals surface area contributed by atoms with Crippen LogP contribution in [0.3, 0.4) is 0 Å². The van der Waals surface area contributed by atoms with E-state index in [9.17, 15) is 9.18 Å². The molecule has 4 nitrogen and oxygen atoms in total. The minimum Gasteiger partial charge on any atom is -0.337 e. The van der Waals surface area contributed by atoms with Gasteiger partial charge in [-0.15, -0.1) is 0 Å². The van der Waals surface area contributed by atoms with Gasteiger partial charge in [-0.05, 0) is 49.2 Å². The van der Waals surface area contributed by atoms with Crippen molar-refractivity contribution in [3.8, 4) is 0 Å². The summed E-state index contributed by atoms with van der Waals surface area (Å²) in [7, 11) is 0. The Morgan fingerprint density at radius 3 is 2.85 bits per heavy atom. The van der Waals surface area contributed by atoms with Crippen LogP contribution in [0.15, 0.2) is 60.9 Å². The molecule has 1 atom stereocenters. The van der Waals surface area contributed by atoms with Crippen molar-refractivity contribution in [3.63, 3.8) is 0 Å². The van der Waals surface area contributed by atoms with Gasteiger partial charge in [0.1, 0.15) is 5.82 Å². The Morgan fingerprint density at radius 2 is 2.04 bits per heavy atom. The first-order chi connectivity index (χ1) is 13.0. The summed E-state index contributed by atoms with van der Waals surface area (Å²) in [6, 6.07) is 14.4. The highest BCUT2D eigenvalue weighted by molar-refractivity contribution is 6.31. The molecule has 0 aliphatic carbocycles. The number of carbonyl (C=O) groups is 1. The fraction of sp³-hybridized carbons (Fsp3) is 0.143. The maximum absolute atomic E-state index is 13.3. The molecule has 4 rings (SSSR count). The third-order valence-corrected chi connectivity index (χ3v) is 4.94. The van der Waals surface area contributed by atoms with Gasteiger partial charge in [0.15, 0.2) is 0 Å². The predicted molar refractivity (Wildman–Crippen MR) is 105 cm³/mol. The van der Waals surface area contributed by atoms with E-state index in [0.29, 0.717) is 11.3 Å². The lowest BCUT2D eigenvalue weighted by Gasteiger charge is -2.25. The zero-order valence-corrected chi connectivity index (χ0v) is 15.4. The molecular formula is C21H17ClFN3O. The molecule has 0 bridgehead atoms. The van der Waals surface area contributed by atoms with Crippen LogP contribution in [0.4, 0.5) is 21.5 Å². The van der Waals surface area contributed by atoms with Gasteiger partial charge < -0.3 is 10.2 Å². The molecule has 136 valence electrons. The monoisotopic (exact) mass is 381 g/mol. The maximum Gasteiger partial charge on any atom is 0.257 e. The van der Waals surface area contributed by atoms with Gasteiger partial charge in [0.05, 0.1) is 22.5 Å². The number of nitrogens with zero attached hydrogens (tertiary/aromatic N) is 2. The Bertz CT molecular complexity index is 1020. The topological polar surface area (TPSA) is 45.2 Å². The fourth-order valence-electron chi connectivity index (χ4n) is 3.42. The van der Waals surface area contributed by atoms with Crippen LogP contribution in [0.5, 0.6) is 0 Å². The first kappa shape index (κ1) is 17.5. The van der Waals surface area contributed by atoms with E-state index in [1.165, 1.54) is 30.0 Å². The number of hydrogen-bond acceptors (Lipinski definition) is 3. The van der Waals surface area contributed by atoms with E-state index in [1.807, 2.05) is 18.2 Å². The summed E-state index contributed by atoms with van der Waals surface area (Å²) in [5, 5.41) is 2.69. The van der Waals surface area contributed by atoms with E-state index in [-0.39, 0.29) is 17.0 Å². The van der Waals surface area contributed by atoms with Crippen LogP contribution in [0, 0.1) is 5.82 Å². The molecule has 2 heterocycles. The number of benzene rings is 2. The standard InChI is InChI=1S/C21H17ClFN3O/c1-13-8-14-4-2-3-5-20(14)26(13)17-9-15(11-24-12-17)21(27)25-16-6-7-19(23)18(22)10-16/h2-7,9-13H,8H2,1H3,(H,25,27). The molecule has 0 spiro atoms. The quantitative estimate of drug-likeness (QED) is 0.677. The SMILES string of the molecule is CC1Cc2ccccc2N1c1cncc(C(=O)Nc2ccc(F)c(Cl)c2)c1. The molecule has 1 aliphatic rings. The van der Waals surface area contributed by atoms with Crippen LogP contribution < -0.4 is 10.2 Å². The zero-order valence-electron chi connectivity index (χ0n) is 14.6. The van der Waals surface area contributed by atoms with E-state index in [2.05, 4.69) is 34.3 Å². The van der Waals surface area contributed by atoms with Gasteiger partial charge in [0.2, 0.25) is 0 Å². The van der Waals surface area contributed by atoms with Gasteiger partial charge in [-0.3, -0.25) is 9.78 Å². The van der Waals surface area contributed by atoms with Crippen LogP contribution >= 0.6 is 11.6 Å². The highest BCUT2D eigenvalue weighted by Gasteiger charge is 2.27. The average Bonchev–Trinajstić information content (AvgIpc) is 3.00. The molecule has 3 aromatic rings. The summed E-state index contributed by atoms with van der Waals surface area (Å²) in [5.74, 6) is -0.854. The largest absolute Gasteiger partial charge is 0.337 e. The minimum absolute atomic E-state index is 0.0397. The summed E-state index contributed by atoms with van der Waals surface area (Å²) in [6.45, 7) is 2.15. The average molecular weight is 382 g/mol. The number of hydrogen-bond donors (Lipinski definition) is 1. The molecule has 1 N–H and O–H groups in total. The molecule has 2 aromatic carbocycles. The van der Waals surface area contributed by atoms with E-state index >= 15 is 0 Å². The molecule has 0 saturated carbocycles. The van der Waals surface area contributed by atoms with Crippen molar-refractivity contribution in [1.82, 2.24) is 4.98 Å². The third kappa shape index (κ3) is 3.38. The van der Waals surface area contributed by atoms with Crippen molar-refractivity contribution < 1.29 is 9.18 Å². The molecule has 0 radical (unpaired) electrons. The second kappa shape index (κ2) is 7.00. The number of nitrogens with one attached hydrogen (secondary N) is 1. The molecule has 0 saturated heterocycles. The molecule has 1 unspecified atom stereocenters. The number of para-hydroxylation sites is 1. The number of amides is 1. The van der Waals surface area contributed by atoms with Crippen LogP contribution in [0.2, 0.25) is 5.02 Å². The first-order valence-corrected chi connectivity index (χ1v) is 8.99. The number of fused-ring (bicyclic) bond motifs is 1. The van der Waals surface area contributed by atoms with Gasteiger partial charge in [0.25, 0.3) is 5.91 Å². The van der Waals surface area contributed by atoms with Crippen LogP contribution in [-0.2, 0) is 6.42 Å². The van der Waals surface area contributed by atoms with Crippen LogP contribution in [0.1, 0.15) is 22.8 Å². The lowest BCUT2D eigenvalue weighted by Crippen LogP contribution is -2.24. The van der Waals surface area contributed by atoms with Gasteiger partial charge in [-0.2, -0.15) is 0 Å². The molecule has 1 aliphatic heterocycles. The Balaban J connectivity index is 1.61. The predicted octanol–water partition coefficient (Wildman–Crippen LogP) is 5.21. The Hall–Kier alpha value is -2.92. The van der Waals surface area contributed by atoms with Crippen LogP contribution in [0.25, 0.3) is 0 Å². The number of pyridine rings is 1. The van der Waals surface area contributed by atoms with Crippen LogP contribution in [-0.4, -0.2) is 16.9 Å². The van der Waals surface area contributed by atoms with Crippen molar-refractivity contribution in [1.29, 1.82) is 0 Å². The first-order valence-electron chi connectivity index (χ1n) is 8.61. The molecule has 1 aromatic heterocycles. The highest BCUT2D eigenvalue weighted by atomic mass is 35.5. The second-order valence-electron chi connectivity index (χ2n) is 6.57. The number of rotatable bonds is 3. The number of carbonyl (C=O) groups excluding carboxylic acids is 1. The lowest BCUT2D eigenvalue weighted by atomic mass is 10.1. The van der Waals surface area contributed by atoms with Crippen molar-refractivity contribution in [2.45, 2.75) is 19.4 Å². The number of anilines is 3. The molecule has 6 heteroatoms. The maximum atomic E-state index is 13.3. The van der Waals surface area contributed by atoms with Gasteiger partial charge in [0, 0.05) is 23.6 Å². The van der Waals surface area contributed by atoms with Crippen molar-refractivity contribution in [2.75, 3.05) is 10.2 Å².